The van der Waals surface area contributed by atoms with Gasteiger partial charge >= 0.3 is 162 Å². The normalized spacial score (nSPS) is 11.4. The summed E-state index contributed by atoms with van der Waals surface area (Å²) in [6.45, 7) is 8.88. The molecular weight excluding hydrogens is 957 g/mol. The van der Waals surface area contributed by atoms with Gasteiger partial charge in [0, 0.05) is 31.7 Å². The molecule has 6 nitrogen and oxygen atoms in total. The summed E-state index contributed by atoms with van der Waals surface area (Å²) in [6.07, 6.45) is 4.87. The van der Waals surface area contributed by atoms with E-state index < -0.39 is 19.2 Å². The molecule has 0 saturated carbocycles. The molecule has 0 aliphatic rings. The van der Waals surface area contributed by atoms with Gasteiger partial charge in [0.25, 0.3) is 0 Å². The average molecular weight is 1000 g/mol. The van der Waals surface area contributed by atoms with E-state index in [0.29, 0.717) is 5.56 Å². The van der Waals surface area contributed by atoms with Crippen LogP contribution in [0.25, 0.3) is 66.7 Å². The Morgan fingerprint density at radius 2 is 1.50 bits per heavy atom. The molecule has 0 atom stereocenters. The largest absolute Gasteiger partial charge is 0 e. The molecule has 0 saturated heterocycles. The van der Waals surface area contributed by atoms with E-state index in [1.54, 1.807) is 6.07 Å². The predicted molar refractivity (Wildman–Crippen MR) is 234 cm³/mol. The van der Waals surface area contributed by atoms with Crippen molar-refractivity contribution in [2.24, 2.45) is 5.41 Å². The third-order valence-corrected chi connectivity index (χ3v) is 14.4. The van der Waals surface area contributed by atoms with Gasteiger partial charge in [-0.25, -0.2) is 0 Å². The SMILES string of the molecule is CC(C)(C)Cc1ccnc(-c2[c-]ccc3c2oc2ccc(-c4ccccc4)cc23)c1.Cc1cc(-c2[c-]cc(C(=O)OO)c(-c3ccccc3)c2)nc[c]1[Ge]([CH3])([CH3])[CH3].[Ir]. The summed E-state index contributed by atoms with van der Waals surface area (Å²) in [4.78, 5) is 25.2. The van der Waals surface area contributed by atoms with E-state index in [2.05, 4.69) is 139 Å². The molecule has 0 unspecified atom stereocenters. The summed E-state index contributed by atoms with van der Waals surface area (Å²) < 4.78 is 7.68. The third-order valence-electron chi connectivity index (χ3n) is 9.89. The molecule has 295 valence electrons. The van der Waals surface area contributed by atoms with Crippen molar-refractivity contribution in [3.05, 3.63) is 163 Å². The summed E-state index contributed by atoms with van der Waals surface area (Å²) in [7, 11) is 0. The van der Waals surface area contributed by atoms with Gasteiger partial charge < -0.3 is 9.40 Å². The Bertz CT molecular complexity index is 2700. The first-order valence-corrected chi connectivity index (χ1v) is 26.5. The van der Waals surface area contributed by atoms with E-state index in [1.807, 2.05) is 60.9 Å². The second kappa shape index (κ2) is 17.8. The quantitative estimate of drug-likeness (QED) is 0.0741. The smallest absolute Gasteiger partial charge is 0 e. The Morgan fingerprint density at radius 3 is 2.16 bits per heavy atom. The average Bonchev–Trinajstić information content (AvgIpc) is 3.58. The van der Waals surface area contributed by atoms with E-state index in [9.17, 15) is 4.79 Å². The number of rotatable bonds is 7. The zero-order valence-corrected chi connectivity index (χ0v) is 38.3. The monoisotopic (exact) mass is 1010 g/mol. The number of carbonyl (C=O) groups is 1. The zero-order valence-electron chi connectivity index (χ0n) is 33.8. The second-order valence-electron chi connectivity index (χ2n) is 16.6. The Balaban J connectivity index is 0.000000193. The van der Waals surface area contributed by atoms with Crippen molar-refractivity contribution in [3.8, 4) is 44.8 Å². The summed E-state index contributed by atoms with van der Waals surface area (Å²) in [5.41, 5.74) is 12.1. The minimum atomic E-state index is -1.97. The fourth-order valence-corrected chi connectivity index (χ4v) is 10.9. The van der Waals surface area contributed by atoms with Crippen molar-refractivity contribution >= 4 is 45.6 Å². The molecule has 0 aliphatic carbocycles. The first kappa shape index (κ1) is 42.4. The van der Waals surface area contributed by atoms with Crippen LogP contribution in [0, 0.1) is 24.5 Å². The van der Waals surface area contributed by atoms with Gasteiger partial charge in [0.1, 0.15) is 5.58 Å². The number of hydrogen-bond donors (Lipinski definition) is 1. The molecule has 0 aliphatic heterocycles. The Kier molecular flexibility index (Phi) is 13.0. The van der Waals surface area contributed by atoms with Crippen LogP contribution in [0.5, 0.6) is 0 Å². The van der Waals surface area contributed by atoms with Crippen molar-refractivity contribution in [2.75, 3.05) is 0 Å². The van der Waals surface area contributed by atoms with Crippen LogP contribution < -0.4 is 4.40 Å². The van der Waals surface area contributed by atoms with Gasteiger partial charge in [-0.3, -0.25) is 0 Å². The topological polar surface area (TPSA) is 85.5 Å². The minimum absolute atomic E-state index is 0. The van der Waals surface area contributed by atoms with Crippen molar-refractivity contribution in [2.45, 2.75) is 51.4 Å². The summed E-state index contributed by atoms with van der Waals surface area (Å²) in [5, 5.41) is 11.0. The van der Waals surface area contributed by atoms with Crippen molar-refractivity contribution in [1.29, 1.82) is 0 Å². The van der Waals surface area contributed by atoms with Gasteiger partial charge in [-0.05, 0) is 46.9 Å². The van der Waals surface area contributed by atoms with Crippen LogP contribution in [-0.4, -0.2) is 34.5 Å². The van der Waals surface area contributed by atoms with Crippen molar-refractivity contribution in [3.63, 3.8) is 0 Å². The number of furan rings is 1. The third kappa shape index (κ3) is 9.57. The maximum atomic E-state index is 12.0. The summed E-state index contributed by atoms with van der Waals surface area (Å²) in [6, 6.07) is 46.6. The molecule has 3 aromatic heterocycles. The van der Waals surface area contributed by atoms with E-state index in [-0.39, 0.29) is 31.1 Å². The summed E-state index contributed by atoms with van der Waals surface area (Å²) in [5.74, 6) is 6.23. The Morgan fingerprint density at radius 1 is 0.793 bits per heavy atom. The predicted octanol–water partition coefficient (Wildman–Crippen LogP) is 12.4. The van der Waals surface area contributed by atoms with Crippen LogP contribution in [0.15, 0.2) is 138 Å². The molecule has 8 aromatic rings. The fourth-order valence-electron chi connectivity index (χ4n) is 7.28. The molecule has 0 bridgehead atoms. The first-order chi connectivity index (χ1) is 27.3. The van der Waals surface area contributed by atoms with Gasteiger partial charge in [0.05, 0.1) is 5.58 Å². The maximum absolute atomic E-state index is 12.0. The van der Waals surface area contributed by atoms with E-state index in [4.69, 9.17) is 9.67 Å². The molecule has 3 heterocycles. The van der Waals surface area contributed by atoms with Crippen LogP contribution >= 0.6 is 0 Å². The number of pyridine rings is 2. The van der Waals surface area contributed by atoms with Crippen molar-refractivity contribution in [1.82, 2.24) is 9.97 Å². The van der Waals surface area contributed by atoms with Crippen molar-refractivity contribution < 1.29 is 39.5 Å². The molecule has 0 spiro atoms. The molecule has 8 rings (SSSR count). The number of aromatic nitrogens is 2. The molecule has 1 N–H and O–H groups in total. The van der Waals surface area contributed by atoms with Crippen LogP contribution in [-0.2, 0) is 31.4 Å². The van der Waals surface area contributed by atoms with Gasteiger partial charge in [-0.1, -0.05) is 79.7 Å². The number of carbonyl (C=O) groups excluding carboxylic acids is 1. The van der Waals surface area contributed by atoms with E-state index in [0.717, 1.165) is 56.4 Å². The zero-order chi connectivity index (χ0) is 40.3. The van der Waals surface area contributed by atoms with Gasteiger partial charge in [-0.15, -0.1) is 18.2 Å². The first-order valence-electron chi connectivity index (χ1n) is 19.1. The molecule has 5 aromatic carbocycles. The number of hydrogen-bond acceptors (Lipinski definition) is 6. The minimum Gasteiger partial charge on any atom is 0 e. The summed E-state index contributed by atoms with van der Waals surface area (Å²) >= 11 is -1.97. The van der Waals surface area contributed by atoms with Gasteiger partial charge in [0.2, 0.25) is 0 Å². The van der Waals surface area contributed by atoms with Gasteiger partial charge in [-0.2, -0.15) is 0 Å². The van der Waals surface area contributed by atoms with E-state index >= 15 is 0 Å². The van der Waals surface area contributed by atoms with Crippen LogP contribution in [0.2, 0.25) is 17.3 Å². The molecule has 0 amide bonds. The standard InChI is InChI=1S/C28H24NO.C22H22GeNO3.Ir/c1-28(2,3)18-19-14-15-29-25(16-19)23-11-7-10-22-24-17-21(20-8-5-4-6-9-20)12-13-26(24)30-27(22)23;1-15-12-21(24-14-20(15)23(2,3)4)17-10-11-18(22(25)27-26)19(13-17)16-8-6-5-7-9-16;/h4-10,12-17H,18H2,1-3H3;5-9,11-14,26H,1-4H3;/q2*-1;. The van der Waals surface area contributed by atoms with E-state index in [1.165, 1.54) is 26.6 Å². The number of fused-ring (bicyclic) bond motifs is 3. The maximum Gasteiger partial charge on any atom is 0 e. The molecule has 0 fully saturated rings. The molecular formula is C50H46GeIrN2O4-2. The van der Waals surface area contributed by atoms with Crippen LogP contribution in [0.3, 0.4) is 0 Å². The second-order valence-corrected chi connectivity index (χ2v) is 27.2. The number of benzene rings is 5. The van der Waals surface area contributed by atoms with Gasteiger partial charge in [0.15, 0.2) is 0 Å². The molecule has 8 heteroatoms. The van der Waals surface area contributed by atoms with Crippen LogP contribution in [0.4, 0.5) is 0 Å². The molecule has 1 radical (unpaired) electrons. The number of aryl methyl sites for hydroxylation is 1. The fraction of sp³-hybridized carbons (Fsp3) is 0.180. The Labute approximate surface area is 357 Å². The molecule has 58 heavy (non-hydrogen) atoms. The van der Waals surface area contributed by atoms with Crippen LogP contribution in [0.1, 0.15) is 42.3 Å². The Hall–Kier alpha value is -5.18. The number of nitrogens with zero attached hydrogens (tertiary/aromatic N) is 2.